The van der Waals surface area contributed by atoms with Gasteiger partial charge in [0.05, 0.1) is 19.1 Å². The number of ether oxygens (including phenoxy) is 2. The molecule has 8 heteroatoms. The summed E-state index contributed by atoms with van der Waals surface area (Å²) in [6, 6.07) is 14.7. The number of rotatable bonds is 7. The lowest BCUT2D eigenvalue weighted by Gasteiger charge is -2.20. The molecule has 0 saturated heterocycles. The summed E-state index contributed by atoms with van der Waals surface area (Å²) in [4.78, 5) is 12.6. The van der Waals surface area contributed by atoms with Gasteiger partial charge in [0.1, 0.15) is 11.5 Å². The highest BCUT2D eigenvalue weighted by Gasteiger charge is 2.30. The minimum absolute atomic E-state index is 0.192. The second kappa shape index (κ2) is 9.17. The van der Waals surface area contributed by atoms with E-state index in [2.05, 4.69) is 5.32 Å². The molecule has 7 nitrogen and oxygen atoms in total. The predicted molar refractivity (Wildman–Crippen MR) is 112 cm³/mol. The molecule has 29 heavy (non-hydrogen) atoms. The Bertz CT molecular complexity index is 961. The molecule has 0 bridgehead atoms. The minimum atomic E-state index is -3.46. The molecular formula is C21H26N2O5S. The fourth-order valence-corrected chi connectivity index (χ4v) is 4.25. The topological polar surface area (TPSA) is 84.9 Å². The Balaban J connectivity index is 1.57. The summed E-state index contributed by atoms with van der Waals surface area (Å²) in [6.45, 7) is 0.699. The normalized spacial score (nSPS) is 16.3. The summed E-state index contributed by atoms with van der Waals surface area (Å²) in [7, 11) is -1.82. The van der Waals surface area contributed by atoms with Crippen molar-refractivity contribution in [1.82, 2.24) is 5.32 Å². The SMILES string of the molecule is COc1cccc(CCCNC(=O)[C@H]2CCN(S(C)(=O)=O)c3ccccc3O2)c1. The van der Waals surface area contributed by atoms with E-state index in [1.54, 1.807) is 31.4 Å². The molecule has 1 aliphatic heterocycles. The Morgan fingerprint density at radius 1 is 1.24 bits per heavy atom. The monoisotopic (exact) mass is 418 g/mol. The van der Waals surface area contributed by atoms with Crippen LogP contribution in [0.2, 0.25) is 0 Å². The fourth-order valence-electron chi connectivity index (χ4n) is 3.30. The zero-order valence-corrected chi connectivity index (χ0v) is 17.4. The lowest BCUT2D eigenvalue weighted by molar-refractivity contribution is -0.128. The molecule has 3 rings (SSSR count). The molecule has 0 spiro atoms. The van der Waals surface area contributed by atoms with Crippen LogP contribution in [0.1, 0.15) is 18.4 Å². The molecule has 1 aliphatic rings. The maximum Gasteiger partial charge on any atom is 0.261 e. The van der Waals surface area contributed by atoms with Crippen molar-refractivity contribution < 1.29 is 22.7 Å². The van der Waals surface area contributed by atoms with Crippen LogP contribution >= 0.6 is 0 Å². The van der Waals surface area contributed by atoms with Crippen LogP contribution in [-0.2, 0) is 21.2 Å². The van der Waals surface area contributed by atoms with Crippen molar-refractivity contribution in [2.24, 2.45) is 0 Å². The number of benzene rings is 2. The van der Waals surface area contributed by atoms with E-state index < -0.39 is 16.1 Å². The number of amides is 1. The first-order valence-electron chi connectivity index (χ1n) is 9.52. The third-order valence-corrected chi connectivity index (χ3v) is 5.95. The van der Waals surface area contributed by atoms with Gasteiger partial charge in [-0.1, -0.05) is 24.3 Å². The highest BCUT2D eigenvalue weighted by molar-refractivity contribution is 7.92. The zero-order valence-electron chi connectivity index (χ0n) is 16.6. The van der Waals surface area contributed by atoms with E-state index >= 15 is 0 Å². The Morgan fingerprint density at radius 3 is 2.79 bits per heavy atom. The molecule has 1 heterocycles. The lowest BCUT2D eigenvalue weighted by atomic mass is 10.1. The largest absolute Gasteiger partial charge is 0.497 e. The summed E-state index contributed by atoms with van der Waals surface area (Å²) in [6.07, 6.45) is 2.29. The molecular weight excluding hydrogens is 392 g/mol. The van der Waals surface area contributed by atoms with Crippen LogP contribution in [0, 0.1) is 0 Å². The maximum atomic E-state index is 12.6. The first-order chi connectivity index (χ1) is 13.9. The van der Waals surface area contributed by atoms with Crippen LogP contribution in [0.25, 0.3) is 0 Å². The number of hydrogen-bond acceptors (Lipinski definition) is 5. The van der Waals surface area contributed by atoms with E-state index in [4.69, 9.17) is 9.47 Å². The lowest BCUT2D eigenvalue weighted by Crippen LogP contribution is -2.40. The van der Waals surface area contributed by atoms with Crippen molar-refractivity contribution in [3.05, 3.63) is 54.1 Å². The van der Waals surface area contributed by atoms with Crippen LogP contribution < -0.4 is 19.1 Å². The molecule has 0 aliphatic carbocycles. The second-order valence-electron chi connectivity index (χ2n) is 6.94. The van der Waals surface area contributed by atoms with E-state index in [0.717, 1.165) is 30.4 Å². The van der Waals surface area contributed by atoms with Crippen LogP contribution in [0.4, 0.5) is 5.69 Å². The maximum absolute atomic E-state index is 12.6. The van der Waals surface area contributed by atoms with Gasteiger partial charge in [0.2, 0.25) is 10.0 Å². The van der Waals surface area contributed by atoms with Gasteiger partial charge in [-0.3, -0.25) is 9.10 Å². The highest BCUT2D eigenvalue weighted by Crippen LogP contribution is 2.33. The van der Waals surface area contributed by atoms with Gasteiger partial charge in [-0.25, -0.2) is 8.42 Å². The Kier molecular flexibility index (Phi) is 6.64. The number of aryl methyl sites for hydroxylation is 1. The first-order valence-corrected chi connectivity index (χ1v) is 11.4. The van der Waals surface area contributed by atoms with Crippen LogP contribution in [0.15, 0.2) is 48.5 Å². The van der Waals surface area contributed by atoms with Gasteiger partial charge >= 0.3 is 0 Å². The predicted octanol–water partition coefficient (Wildman–Crippen LogP) is 2.36. The molecule has 0 fully saturated rings. The average molecular weight is 419 g/mol. The average Bonchev–Trinajstić information content (AvgIpc) is 2.91. The van der Waals surface area contributed by atoms with Crippen LogP contribution in [0.3, 0.4) is 0 Å². The number of methoxy groups -OCH3 is 1. The number of carbonyl (C=O) groups is 1. The summed E-state index contributed by atoms with van der Waals surface area (Å²) in [5.41, 5.74) is 1.60. The van der Waals surface area contributed by atoms with Crippen LogP contribution in [-0.4, -0.2) is 46.9 Å². The van der Waals surface area contributed by atoms with Crippen molar-refractivity contribution in [2.45, 2.75) is 25.4 Å². The van der Waals surface area contributed by atoms with Gasteiger partial charge < -0.3 is 14.8 Å². The number of hydrogen-bond donors (Lipinski definition) is 1. The quantitative estimate of drug-likeness (QED) is 0.698. The van der Waals surface area contributed by atoms with Crippen molar-refractivity contribution >= 4 is 21.6 Å². The molecule has 2 aromatic rings. The van der Waals surface area contributed by atoms with Crippen molar-refractivity contribution in [2.75, 3.05) is 30.8 Å². The number of carbonyl (C=O) groups excluding carboxylic acids is 1. The van der Waals surface area contributed by atoms with Gasteiger partial charge in [0.15, 0.2) is 6.10 Å². The number of fused-ring (bicyclic) bond motifs is 1. The minimum Gasteiger partial charge on any atom is -0.497 e. The summed E-state index contributed by atoms with van der Waals surface area (Å²) < 4.78 is 36.6. The van der Waals surface area contributed by atoms with Gasteiger partial charge in [-0.2, -0.15) is 0 Å². The summed E-state index contributed by atoms with van der Waals surface area (Å²) >= 11 is 0. The first kappa shape index (κ1) is 21.0. The van der Waals surface area contributed by atoms with Crippen LogP contribution in [0.5, 0.6) is 11.5 Å². The Morgan fingerprint density at radius 2 is 2.03 bits per heavy atom. The number of para-hydroxylation sites is 2. The third-order valence-electron chi connectivity index (χ3n) is 4.77. The van der Waals surface area contributed by atoms with Gasteiger partial charge in [-0.15, -0.1) is 0 Å². The number of nitrogens with zero attached hydrogens (tertiary/aromatic N) is 1. The Labute approximate surface area is 171 Å². The second-order valence-corrected chi connectivity index (χ2v) is 8.85. The van der Waals surface area contributed by atoms with E-state index in [1.165, 1.54) is 4.31 Å². The number of sulfonamides is 1. The molecule has 156 valence electrons. The zero-order chi connectivity index (χ0) is 20.9. The third kappa shape index (κ3) is 5.41. The molecule has 2 aromatic carbocycles. The summed E-state index contributed by atoms with van der Waals surface area (Å²) in [5.74, 6) is 0.972. The van der Waals surface area contributed by atoms with Gasteiger partial charge in [0.25, 0.3) is 5.91 Å². The summed E-state index contributed by atoms with van der Waals surface area (Å²) in [5, 5.41) is 2.90. The molecule has 0 aromatic heterocycles. The van der Waals surface area contributed by atoms with E-state index in [1.807, 2.05) is 24.3 Å². The van der Waals surface area contributed by atoms with E-state index in [0.29, 0.717) is 18.0 Å². The molecule has 1 N–H and O–H groups in total. The van der Waals surface area contributed by atoms with Gasteiger partial charge in [0, 0.05) is 19.5 Å². The smallest absolute Gasteiger partial charge is 0.261 e. The molecule has 0 radical (unpaired) electrons. The molecule has 0 unspecified atom stereocenters. The van der Waals surface area contributed by atoms with Gasteiger partial charge in [-0.05, 0) is 42.7 Å². The number of nitrogens with one attached hydrogen (secondary N) is 1. The molecule has 1 amide bonds. The van der Waals surface area contributed by atoms with E-state index in [-0.39, 0.29) is 18.9 Å². The molecule has 1 atom stereocenters. The standard InChI is InChI=1S/C21H26N2O5S/c1-27-17-9-5-7-16(15-17)8-6-13-22-21(24)20-12-14-23(29(2,25)26)18-10-3-4-11-19(18)28-20/h3-5,7,9-11,15,20H,6,8,12-14H2,1-2H3,(H,22,24)/t20-/m1/s1. The fraction of sp³-hybridized carbons (Fsp3) is 0.381. The highest BCUT2D eigenvalue weighted by atomic mass is 32.2. The number of anilines is 1. The van der Waals surface area contributed by atoms with Crippen molar-refractivity contribution in [3.8, 4) is 11.5 Å². The molecule has 0 saturated carbocycles. The van der Waals surface area contributed by atoms with Crippen molar-refractivity contribution in [1.29, 1.82) is 0 Å². The van der Waals surface area contributed by atoms with Crippen molar-refractivity contribution in [3.63, 3.8) is 0 Å². The van der Waals surface area contributed by atoms with E-state index in [9.17, 15) is 13.2 Å². The Hall–Kier alpha value is -2.74.